The van der Waals surface area contributed by atoms with E-state index in [1.807, 2.05) is 0 Å². The van der Waals surface area contributed by atoms with Crippen molar-refractivity contribution in [3.63, 3.8) is 0 Å². The number of alkyl halides is 4. The van der Waals surface area contributed by atoms with Crippen LogP contribution in [0.1, 0.15) is 11.3 Å². The van der Waals surface area contributed by atoms with E-state index in [4.69, 9.17) is 4.74 Å². The van der Waals surface area contributed by atoms with Gasteiger partial charge in [-0.25, -0.2) is 9.37 Å². The lowest BCUT2D eigenvalue weighted by Crippen LogP contribution is -2.19. The molecule has 0 fully saturated rings. The first-order valence-corrected chi connectivity index (χ1v) is 5.26. The van der Waals surface area contributed by atoms with Crippen molar-refractivity contribution in [1.82, 2.24) is 4.98 Å². The topological polar surface area (TPSA) is 57.7 Å². The van der Waals surface area contributed by atoms with Crippen molar-refractivity contribution in [2.75, 3.05) is 14.2 Å². The van der Waals surface area contributed by atoms with Gasteiger partial charge in [0.25, 0.3) is 0 Å². The molecule has 0 radical (unpaired) electrons. The van der Waals surface area contributed by atoms with Gasteiger partial charge in [-0.15, -0.1) is 13.2 Å². The van der Waals surface area contributed by atoms with Gasteiger partial charge in [0.1, 0.15) is 12.4 Å². The third-order valence-electron chi connectivity index (χ3n) is 2.26. The molecule has 1 aromatic heterocycles. The maximum absolute atomic E-state index is 12.9. The summed E-state index contributed by atoms with van der Waals surface area (Å²) in [5, 5.41) is 0. The summed E-state index contributed by atoms with van der Waals surface area (Å²) in [5.74, 6) is -1.82. The van der Waals surface area contributed by atoms with Crippen LogP contribution in [0.3, 0.4) is 0 Å². The molecule has 1 heterocycles. The number of hydrogen-bond acceptors (Lipinski definition) is 5. The maximum Gasteiger partial charge on any atom is 0.574 e. The molecule has 0 bridgehead atoms. The third-order valence-corrected chi connectivity index (χ3v) is 2.26. The Morgan fingerprint density at radius 3 is 2.45 bits per heavy atom. The molecular weight excluding hydrogens is 286 g/mol. The number of carbonyl (C=O) groups excluding carboxylic acids is 1. The lowest BCUT2D eigenvalue weighted by atomic mass is 10.1. The van der Waals surface area contributed by atoms with Crippen molar-refractivity contribution < 1.29 is 36.6 Å². The first-order valence-electron chi connectivity index (χ1n) is 5.26. The average molecular weight is 297 g/mol. The van der Waals surface area contributed by atoms with Crippen molar-refractivity contribution in [2.24, 2.45) is 0 Å². The Morgan fingerprint density at radius 1 is 1.35 bits per heavy atom. The lowest BCUT2D eigenvalue weighted by molar-refractivity contribution is -0.276. The Labute approximate surface area is 111 Å². The van der Waals surface area contributed by atoms with Gasteiger partial charge in [-0.1, -0.05) is 0 Å². The minimum Gasteiger partial charge on any atom is -0.496 e. The summed E-state index contributed by atoms with van der Waals surface area (Å²) >= 11 is 0. The fourth-order valence-corrected chi connectivity index (χ4v) is 1.43. The molecule has 0 saturated heterocycles. The van der Waals surface area contributed by atoms with E-state index in [2.05, 4.69) is 14.5 Å². The van der Waals surface area contributed by atoms with Crippen LogP contribution in [0, 0.1) is 0 Å². The van der Waals surface area contributed by atoms with E-state index in [9.17, 15) is 22.4 Å². The highest BCUT2D eigenvalue weighted by atomic mass is 19.4. The van der Waals surface area contributed by atoms with E-state index in [1.54, 1.807) is 0 Å². The molecule has 0 N–H and O–H groups in total. The Balaban J connectivity index is 3.23. The van der Waals surface area contributed by atoms with E-state index in [1.165, 1.54) is 0 Å². The van der Waals surface area contributed by atoms with E-state index in [0.29, 0.717) is 0 Å². The molecule has 20 heavy (non-hydrogen) atoms. The fraction of sp³-hybridized carbons (Fsp3) is 0.455. The second-order valence-electron chi connectivity index (χ2n) is 3.52. The monoisotopic (exact) mass is 297 g/mol. The highest BCUT2D eigenvalue weighted by molar-refractivity contribution is 5.72. The zero-order valence-electron chi connectivity index (χ0n) is 10.6. The molecule has 9 heteroatoms. The van der Waals surface area contributed by atoms with Gasteiger partial charge in [0.2, 0.25) is 5.88 Å². The second-order valence-corrected chi connectivity index (χ2v) is 3.52. The third kappa shape index (κ3) is 4.25. The SMILES string of the molecule is COC(=O)Cc1nc(OC(F)(F)F)cc(OC)c1CF. The zero-order chi connectivity index (χ0) is 15.3. The van der Waals surface area contributed by atoms with Crippen LogP contribution in [0.2, 0.25) is 0 Å². The number of aromatic nitrogens is 1. The Kier molecular flexibility index (Phi) is 5.12. The quantitative estimate of drug-likeness (QED) is 0.616. The van der Waals surface area contributed by atoms with Gasteiger partial charge in [-0.2, -0.15) is 0 Å². The number of methoxy groups -OCH3 is 2. The van der Waals surface area contributed by atoms with Gasteiger partial charge < -0.3 is 14.2 Å². The van der Waals surface area contributed by atoms with Crippen molar-refractivity contribution in [3.05, 3.63) is 17.3 Å². The molecule has 0 aliphatic rings. The lowest BCUT2D eigenvalue weighted by Gasteiger charge is -2.14. The van der Waals surface area contributed by atoms with Crippen molar-refractivity contribution >= 4 is 5.97 Å². The van der Waals surface area contributed by atoms with E-state index in [-0.39, 0.29) is 17.0 Å². The van der Waals surface area contributed by atoms with Gasteiger partial charge in [0, 0.05) is 11.6 Å². The smallest absolute Gasteiger partial charge is 0.496 e. The first-order chi connectivity index (χ1) is 9.30. The molecule has 0 atom stereocenters. The fourth-order valence-electron chi connectivity index (χ4n) is 1.43. The number of rotatable bonds is 5. The number of hydrogen-bond donors (Lipinski definition) is 0. The predicted molar refractivity (Wildman–Crippen MR) is 58.0 cm³/mol. The van der Waals surface area contributed by atoms with Gasteiger partial charge in [0.05, 0.1) is 26.3 Å². The van der Waals surface area contributed by atoms with Crippen LogP contribution in [0.25, 0.3) is 0 Å². The van der Waals surface area contributed by atoms with Gasteiger partial charge in [-0.3, -0.25) is 4.79 Å². The summed E-state index contributed by atoms with van der Waals surface area (Å²) in [6.07, 6.45) is -5.46. The minimum absolute atomic E-state index is 0.132. The Morgan fingerprint density at radius 2 is 2.00 bits per heavy atom. The molecule has 5 nitrogen and oxygen atoms in total. The second kappa shape index (κ2) is 6.40. The average Bonchev–Trinajstić information content (AvgIpc) is 2.35. The number of pyridine rings is 1. The van der Waals surface area contributed by atoms with Crippen LogP contribution in [-0.4, -0.2) is 31.5 Å². The van der Waals surface area contributed by atoms with Crippen LogP contribution in [-0.2, 0) is 22.6 Å². The van der Waals surface area contributed by atoms with Crippen LogP contribution in [0.4, 0.5) is 17.6 Å². The summed E-state index contributed by atoms with van der Waals surface area (Å²) in [6, 6.07) is 0.795. The molecule has 0 unspecified atom stereocenters. The number of esters is 1. The summed E-state index contributed by atoms with van der Waals surface area (Å²) in [4.78, 5) is 14.6. The molecule has 112 valence electrons. The minimum atomic E-state index is -4.96. The molecule has 1 aromatic rings. The normalized spacial score (nSPS) is 11.1. The molecular formula is C11H11F4NO4. The van der Waals surface area contributed by atoms with Crippen LogP contribution in [0.15, 0.2) is 6.07 Å². The zero-order valence-corrected chi connectivity index (χ0v) is 10.6. The van der Waals surface area contributed by atoms with Crippen LogP contribution >= 0.6 is 0 Å². The number of nitrogens with zero attached hydrogens (tertiary/aromatic N) is 1. The van der Waals surface area contributed by atoms with Gasteiger partial charge >= 0.3 is 12.3 Å². The maximum atomic E-state index is 12.9. The van der Waals surface area contributed by atoms with E-state index in [0.717, 1.165) is 20.3 Å². The van der Waals surface area contributed by atoms with Crippen molar-refractivity contribution in [2.45, 2.75) is 19.5 Å². The molecule has 0 aromatic carbocycles. The molecule has 0 saturated carbocycles. The molecule has 1 rings (SSSR count). The number of halogens is 4. The summed E-state index contributed by atoms with van der Waals surface area (Å²) in [7, 11) is 2.23. The highest BCUT2D eigenvalue weighted by Gasteiger charge is 2.32. The Hall–Kier alpha value is -2.06. The van der Waals surface area contributed by atoms with E-state index >= 15 is 0 Å². The van der Waals surface area contributed by atoms with Crippen molar-refractivity contribution in [1.29, 1.82) is 0 Å². The predicted octanol–water partition coefficient (Wildman–Crippen LogP) is 2.17. The number of ether oxygens (including phenoxy) is 3. The highest BCUT2D eigenvalue weighted by Crippen LogP contribution is 2.30. The molecule has 0 aliphatic carbocycles. The largest absolute Gasteiger partial charge is 0.574 e. The number of carbonyl (C=O) groups is 1. The summed E-state index contributed by atoms with van der Waals surface area (Å²) in [6.45, 7) is -1.06. The molecule has 0 aliphatic heterocycles. The van der Waals surface area contributed by atoms with Crippen molar-refractivity contribution in [3.8, 4) is 11.6 Å². The van der Waals surface area contributed by atoms with Gasteiger partial charge in [-0.05, 0) is 0 Å². The Bertz CT molecular complexity index is 490. The van der Waals surface area contributed by atoms with Crippen LogP contribution < -0.4 is 9.47 Å². The molecule has 0 amide bonds. The van der Waals surface area contributed by atoms with E-state index < -0.39 is 31.3 Å². The van der Waals surface area contributed by atoms with Gasteiger partial charge in [0.15, 0.2) is 0 Å². The summed E-state index contributed by atoms with van der Waals surface area (Å²) < 4.78 is 62.1. The van der Waals surface area contributed by atoms with Crippen LogP contribution in [0.5, 0.6) is 11.6 Å². The first kappa shape index (κ1) is 16.0. The standard InChI is InChI=1S/C11H11F4NO4/c1-18-8-4-9(20-11(13,14)15)16-7(6(8)5-12)3-10(17)19-2/h4H,3,5H2,1-2H3. The molecule has 0 spiro atoms. The summed E-state index contributed by atoms with van der Waals surface area (Å²) in [5.41, 5.74) is -0.370.